The van der Waals surface area contributed by atoms with Crippen molar-refractivity contribution >= 4 is 57.3 Å². The minimum atomic E-state index is -0.0472. The van der Waals surface area contributed by atoms with Crippen molar-refractivity contribution in [1.29, 1.82) is 0 Å². The molecule has 0 unspecified atom stereocenters. The zero-order valence-corrected chi connectivity index (χ0v) is 20.7. The lowest BCUT2D eigenvalue weighted by atomic mass is 10.3. The van der Waals surface area contributed by atoms with E-state index < -0.39 is 0 Å². The highest BCUT2D eigenvalue weighted by Crippen LogP contribution is 2.38. The molecule has 5 rings (SSSR count). The fraction of sp³-hybridized carbons (Fsp3) is 0.368. The molecule has 1 aromatic carbocycles. The first-order valence-electron chi connectivity index (χ1n) is 10.1. The van der Waals surface area contributed by atoms with E-state index in [4.69, 9.17) is 33.2 Å². The number of tetrazole rings is 1. The molecule has 1 saturated heterocycles. The van der Waals surface area contributed by atoms with Crippen molar-refractivity contribution in [1.82, 2.24) is 45.0 Å². The summed E-state index contributed by atoms with van der Waals surface area (Å²) in [5, 5.41) is 23.9. The molecule has 10 nitrogen and oxygen atoms in total. The van der Waals surface area contributed by atoms with Crippen molar-refractivity contribution in [3.63, 3.8) is 0 Å². The Morgan fingerprint density at radius 2 is 1.79 bits per heavy atom. The highest BCUT2D eigenvalue weighted by Gasteiger charge is 2.20. The average Bonchev–Trinajstić information content (AvgIpc) is 3.43. The molecule has 1 N–H and O–H groups in total. The number of fused-ring (bicyclic) bond motifs is 1. The van der Waals surface area contributed by atoms with Crippen LogP contribution in [0.2, 0.25) is 10.0 Å². The van der Waals surface area contributed by atoms with Crippen molar-refractivity contribution < 1.29 is 5.11 Å². The van der Waals surface area contributed by atoms with Crippen molar-refractivity contribution in [2.45, 2.75) is 16.7 Å². The molecule has 14 heteroatoms. The number of aromatic nitrogens is 7. The lowest BCUT2D eigenvalue weighted by Crippen LogP contribution is -2.45. The standard InChI is InChI=1S/C19H19Cl2N9OS2/c1-28-2-4-29(5-3-28)6-7-30-18(25-26-27-30)33-17-16(15-10-22-19(31)32-15)23-13-8-11(20)12(21)9-14(13)24-17/h8-10H,2-7H2,1H3,(H,22,31). The topological polar surface area (TPSA) is 109 Å². The van der Waals surface area contributed by atoms with Crippen LogP contribution in [0.25, 0.3) is 21.6 Å². The Hall–Kier alpha value is -2.09. The fourth-order valence-corrected chi connectivity index (χ4v) is 5.35. The van der Waals surface area contributed by atoms with E-state index in [0.717, 1.165) is 44.1 Å². The van der Waals surface area contributed by atoms with Gasteiger partial charge in [0.05, 0.1) is 38.7 Å². The van der Waals surface area contributed by atoms with Crippen LogP contribution in [-0.4, -0.2) is 89.8 Å². The normalized spacial score (nSPS) is 15.5. The van der Waals surface area contributed by atoms with Crippen molar-refractivity contribution in [3.8, 4) is 15.8 Å². The Morgan fingerprint density at radius 3 is 2.48 bits per heavy atom. The summed E-state index contributed by atoms with van der Waals surface area (Å²) >= 11 is 14.8. The number of hydrogen-bond donors (Lipinski definition) is 1. The molecular formula is C19H19Cl2N9OS2. The van der Waals surface area contributed by atoms with Crippen LogP contribution in [0.1, 0.15) is 0 Å². The van der Waals surface area contributed by atoms with Crippen LogP contribution in [-0.2, 0) is 6.54 Å². The molecule has 33 heavy (non-hydrogen) atoms. The molecule has 1 aliphatic rings. The molecule has 0 radical (unpaired) electrons. The van der Waals surface area contributed by atoms with Gasteiger partial charge in [-0.25, -0.2) is 19.6 Å². The summed E-state index contributed by atoms with van der Waals surface area (Å²) in [6.45, 7) is 5.69. The van der Waals surface area contributed by atoms with E-state index in [0.29, 0.717) is 48.4 Å². The molecule has 172 valence electrons. The van der Waals surface area contributed by atoms with Crippen LogP contribution in [0.3, 0.4) is 0 Å². The number of piperazine rings is 1. The van der Waals surface area contributed by atoms with E-state index in [9.17, 15) is 5.11 Å². The maximum atomic E-state index is 9.78. The second kappa shape index (κ2) is 9.65. The minimum absolute atomic E-state index is 0.0472. The summed E-state index contributed by atoms with van der Waals surface area (Å²) in [6.07, 6.45) is 1.56. The number of thiazole rings is 1. The summed E-state index contributed by atoms with van der Waals surface area (Å²) in [5.74, 6) is 0. The number of halogens is 2. The van der Waals surface area contributed by atoms with Crippen LogP contribution in [0.4, 0.5) is 0 Å². The van der Waals surface area contributed by atoms with Crippen LogP contribution in [0.15, 0.2) is 28.5 Å². The number of rotatable bonds is 6. The van der Waals surface area contributed by atoms with Gasteiger partial charge in [0.25, 0.3) is 5.19 Å². The van der Waals surface area contributed by atoms with E-state index in [1.807, 2.05) is 0 Å². The minimum Gasteiger partial charge on any atom is -0.486 e. The van der Waals surface area contributed by atoms with Crippen molar-refractivity contribution in [2.24, 2.45) is 0 Å². The Morgan fingerprint density at radius 1 is 1.06 bits per heavy atom. The summed E-state index contributed by atoms with van der Waals surface area (Å²) in [5.41, 5.74) is 1.75. The average molecular weight is 524 g/mol. The largest absolute Gasteiger partial charge is 0.486 e. The predicted octanol–water partition coefficient (Wildman–Crippen LogP) is 3.15. The zero-order valence-electron chi connectivity index (χ0n) is 17.5. The summed E-state index contributed by atoms with van der Waals surface area (Å²) in [4.78, 5) is 18.9. The second-order valence-electron chi connectivity index (χ2n) is 7.57. The van der Waals surface area contributed by atoms with Gasteiger partial charge in [0.15, 0.2) is 0 Å². The first kappa shape index (κ1) is 22.7. The molecule has 4 aromatic rings. The third-order valence-electron chi connectivity index (χ3n) is 5.31. The molecule has 4 heterocycles. The Kier molecular flexibility index (Phi) is 6.63. The van der Waals surface area contributed by atoms with E-state index in [1.165, 1.54) is 11.8 Å². The molecule has 1 fully saturated rings. The maximum absolute atomic E-state index is 9.78. The van der Waals surface area contributed by atoms with Gasteiger partial charge in [-0.2, -0.15) is 0 Å². The van der Waals surface area contributed by atoms with Crippen LogP contribution in [0.5, 0.6) is 5.19 Å². The first-order valence-corrected chi connectivity index (χ1v) is 12.5. The van der Waals surface area contributed by atoms with Gasteiger partial charge in [-0.1, -0.05) is 34.5 Å². The number of nitrogens with zero attached hydrogens (tertiary/aromatic N) is 9. The molecule has 0 bridgehead atoms. The van der Waals surface area contributed by atoms with E-state index in [2.05, 4.69) is 37.4 Å². The van der Waals surface area contributed by atoms with E-state index >= 15 is 0 Å². The molecule has 0 aliphatic carbocycles. The van der Waals surface area contributed by atoms with Gasteiger partial charge in [0.2, 0.25) is 5.16 Å². The Bertz CT molecular complexity index is 1290. The third-order valence-corrected chi connectivity index (χ3v) is 7.79. The third kappa shape index (κ3) is 5.05. The summed E-state index contributed by atoms with van der Waals surface area (Å²) < 4.78 is 1.78. The molecule has 0 saturated carbocycles. The molecule has 1 aliphatic heterocycles. The molecule has 3 aromatic heterocycles. The van der Waals surface area contributed by atoms with Gasteiger partial charge in [-0.05, 0) is 41.4 Å². The van der Waals surface area contributed by atoms with E-state index in [-0.39, 0.29) is 5.19 Å². The molecule has 0 atom stereocenters. The predicted molar refractivity (Wildman–Crippen MR) is 128 cm³/mol. The lowest BCUT2D eigenvalue weighted by molar-refractivity contribution is 0.147. The summed E-state index contributed by atoms with van der Waals surface area (Å²) in [6, 6.07) is 3.35. The van der Waals surface area contributed by atoms with Gasteiger partial charge in [-0.15, -0.1) is 5.10 Å². The van der Waals surface area contributed by atoms with Gasteiger partial charge >= 0.3 is 0 Å². The monoisotopic (exact) mass is 523 g/mol. The highest BCUT2D eigenvalue weighted by atomic mass is 35.5. The van der Waals surface area contributed by atoms with Gasteiger partial charge in [-0.3, -0.25) is 4.90 Å². The second-order valence-corrected chi connectivity index (χ2v) is 10.4. The fourth-order valence-electron chi connectivity index (χ4n) is 3.45. The zero-order chi connectivity index (χ0) is 22.9. The number of benzene rings is 1. The molecule has 0 spiro atoms. The number of aromatic hydroxyl groups is 1. The summed E-state index contributed by atoms with van der Waals surface area (Å²) in [7, 11) is 2.14. The first-order chi connectivity index (χ1) is 16.0. The van der Waals surface area contributed by atoms with Gasteiger partial charge < -0.3 is 10.0 Å². The molecule has 0 amide bonds. The Labute approximate surface area is 207 Å². The van der Waals surface area contributed by atoms with Gasteiger partial charge in [0.1, 0.15) is 10.7 Å². The van der Waals surface area contributed by atoms with Crippen LogP contribution < -0.4 is 0 Å². The van der Waals surface area contributed by atoms with Crippen LogP contribution in [0, 0.1) is 0 Å². The van der Waals surface area contributed by atoms with Crippen molar-refractivity contribution in [2.75, 3.05) is 39.8 Å². The maximum Gasteiger partial charge on any atom is 0.271 e. The SMILES string of the molecule is CN1CCN(CCn2nnnc2Sc2nc3cc(Cl)c(Cl)cc3nc2-c2cnc(O)s2)CC1. The smallest absolute Gasteiger partial charge is 0.271 e. The molecular weight excluding hydrogens is 505 g/mol. The number of likely N-dealkylation sites (N-methyl/N-ethyl adjacent to an activating group) is 1. The Balaban J connectivity index is 1.45. The van der Waals surface area contributed by atoms with Gasteiger partial charge in [0, 0.05) is 32.7 Å². The van der Waals surface area contributed by atoms with E-state index in [1.54, 1.807) is 23.0 Å². The quantitative estimate of drug-likeness (QED) is 0.404. The lowest BCUT2D eigenvalue weighted by Gasteiger charge is -2.32. The number of hydrogen-bond acceptors (Lipinski definition) is 11. The van der Waals surface area contributed by atoms with Crippen molar-refractivity contribution in [3.05, 3.63) is 28.4 Å². The highest BCUT2D eigenvalue weighted by molar-refractivity contribution is 7.99. The van der Waals surface area contributed by atoms with Crippen LogP contribution >= 0.6 is 46.3 Å².